The molecule has 3 aromatic rings. The maximum Gasteiger partial charge on any atom is 0.275 e. The predicted octanol–water partition coefficient (Wildman–Crippen LogP) is 3.86. The molecule has 0 aliphatic rings. The number of nitrogens with zero attached hydrogens (tertiary/aromatic N) is 4. The molecule has 0 atom stereocenters. The monoisotopic (exact) mass is 385 g/mol. The first-order valence-corrected chi connectivity index (χ1v) is 10.0. The summed E-state index contributed by atoms with van der Waals surface area (Å²) in [4.78, 5) is 26.6. The van der Waals surface area contributed by atoms with E-state index in [-0.39, 0.29) is 5.56 Å². The van der Waals surface area contributed by atoms with Gasteiger partial charge < -0.3 is 5.32 Å². The van der Waals surface area contributed by atoms with Crippen molar-refractivity contribution in [3.05, 3.63) is 47.7 Å². The minimum Gasteiger partial charge on any atom is -0.385 e. The molecule has 1 N–H and O–H groups in total. The van der Waals surface area contributed by atoms with Gasteiger partial charge in [-0.15, -0.1) is 29.7 Å². The molecular formula is C18H19N5OS2. The van der Waals surface area contributed by atoms with E-state index in [4.69, 9.17) is 0 Å². The van der Waals surface area contributed by atoms with Crippen LogP contribution in [0.2, 0.25) is 0 Å². The molecule has 6 nitrogen and oxygen atoms in total. The molecule has 8 heteroatoms. The lowest BCUT2D eigenvalue weighted by Gasteiger charge is -2.04. The SMILES string of the molecule is C=CCN=CSC/C=C/n1cnc2c(sc3nccc(NCC)c32)c1=O. The number of anilines is 1. The predicted molar refractivity (Wildman–Crippen MR) is 115 cm³/mol. The molecule has 0 amide bonds. The number of pyridine rings is 1. The number of fused-ring (bicyclic) bond motifs is 3. The van der Waals surface area contributed by atoms with E-state index >= 15 is 0 Å². The van der Waals surface area contributed by atoms with Gasteiger partial charge in [-0.05, 0) is 13.0 Å². The molecule has 0 radical (unpaired) electrons. The van der Waals surface area contributed by atoms with Gasteiger partial charge in [0, 0.05) is 30.4 Å². The van der Waals surface area contributed by atoms with Crippen LogP contribution in [-0.2, 0) is 0 Å². The first kappa shape index (κ1) is 18.3. The van der Waals surface area contributed by atoms with Crippen molar-refractivity contribution >= 4 is 61.0 Å². The first-order chi connectivity index (χ1) is 12.8. The molecule has 3 rings (SSSR count). The summed E-state index contributed by atoms with van der Waals surface area (Å²) in [6.07, 6.45) is 8.71. The van der Waals surface area contributed by atoms with Crippen molar-refractivity contribution in [1.29, 1.82) is 0 Å². The molecule has 0 saturated heterocycles. The highest BCUT2D eigenvalue weighted by molar-refractivity contribution is 8.12. The van der Waals surface area contributed by atoms with Crippen molar-refractivity contribution in [3.8, 4) is 0 Å². The van der Waals surface area contributed by atoms with Crippen molar-refractivity contribution in [2.45, 2.75) is 6.92 Å². The Morgan fingerprint density at radius 1 is 1.46 bits per heavy atom. The second-order valence-corrected chi connectivity index (χ2v) is 7.16. The Morgan fingerprint density at radius 2 is 2.35 bits per heavy atom. The van der Waals surface area contributed by atoms with Crippen LogP contribution in [0.4, 0.5) is 5.69 Å². The summed E-state index contributed by atoms with van der Waals surface area (Å²) in [7, 11) is 0. The van der Waals surface area contributed by atoms with Crippen LogP contribution in [0.25, 0.3) is 26.6 Å². The Bertz CT molecular complexity index is 1040. The summed E-state index contributed by atoms with van der Waals surface area (Å²) in [6.45, 7) is 7.06. The molecule has 0 aliphatic heterocycles. The van der Waals surface area contributed by atoms with Crippen LogP contribution >= 0.6 is 23.1 Å². The second-order valence-electron chi connectivity index (χ2n) is 5.28. The Morgan fingerprint density at radius 3 is 3.15 bits per heavy atom. The molecule has 0 saturated carbocycles. The fourth-order valence-electron chi connectivity index (χ4n) is 2.43. The fourth-order valence-corrected chi connectivity index (χ4v) is 3.97. The topological polar surface area (TPSA) is 72.2 Å². The number of hydrogen-bond acceptors (Lipinski definition) is 7. The number of nitrogens with one attached hydrogen (secondary N) is 1. The third kappa shape index (κ3) is 3.86. The summed E-state index contributed by atoms with van der Waals surface area (Å²) in [6, 6.07) is 1.91. The standard InChI is InChI=1S/C18H19N5OS2/c1-3-7-19-12-25-10-5-9-23-11-22-15-14-13(20-4-2)6-8-21-17(14)26-16(15)18(23)24/h3,5-6,8-9,11-12H,1,4,7,10H2,2H3,(H,20,21)/b9-5+,19-12?. The van der Waals surface area contributed by atoms with E-state index in [9.17, 15) is 4.79 Å². The van der Waals surface area contributed by atoms with Crippen molar-refractivity contribution in [3.63, 3.8) is 0 Å². The smallest absolute Gasteiger partial charge is 0.275 e. The van der Waals surface area contributed by atoms with Crippen LogP contribution < -0.4 is 10.9 Å². The molecule has 134 valence electrons. The second kappa shape index (κ2) is 8.77. The van der Waals surface area contributed by atoms with Crippen molar-refractivity contribution in [2.75, 3.05) is 24.2 Å². The molecule has 0 unspecified atom stereocenters. The van der Waals surface area contributed by atoms with E-state index in [0.29, 0.717) is 16.8 Å². The number of thioether (sulfide) groups is 1. The zero-order valence-corrected chi connectivity index (χ0v) is 16.0. The van der Waals surface area contributed by atoms with Gasteiger partial charge in [-0.25, -0.2) is 9.97 Å². The Balaban J connectivity index is 1.89. The highest BCUT2D eigenvalue weighted by atomic mass is 32.2. The van der Waals surface area contributed by atoms with E-state index in [0.717, 1.165) is 28.2 Å². The van der Waals surface area contributed by atoms with Crippen LogP contribution in [0, 0.1) is 0 Å². The van der Waals surface area contributed by atoms with Gasteiger partial charge >= 0.3 is 0 Å². The summed E-state index contributed by atoms with van der Waals surface area (Å²) in [5, 5.41) is 4.22. The van der Waals surface area contributed by atoms with Gasteiger partial charge in [0.2, 0.25) is 0 Å². The average Bonchev–Trinajstić information content (AvgIpc) is 3.03. The third-order valence-electron chi connectivity index (χ3n) is 3.52. The molecule has 0 aromatic carbocycles. The maximum atomic E-state index is 12.8. The van der Waals surface area contributed by atoms with Crippen LogP contribution in [0.15, 0.2) is 47.1 Å². The van der Waals surface area contributed by atoms with Gasteiger partial charge in [-0.2, -0.15) is 0 Å². The first-order valence-electron chi connectivity index (χ1n) is 8.16. The van der Waals surface area contributed by atoms with Crippen LogP contribution in [0.3, 0.4) is 0 Å². The van der Waals surface area contributed by atoms with Crippen LogP contribution in [0.1, 0.15) is 6.92 Å². The zero-order valence-electron chi connectivity index (χ0n) is 14.4. The van der Waals surface area contributed by atoms with Crippen molar-refractivity contribution in [2.24, 2.45) is 4.99 Å². The van der Waals surface area contributed by atoms with Gasteiger partial charge in [0.05, 0.1) is 23.0 Å². The van der Waals surface area contributed by atoms with E-state index in [1.165, 1.54) is 15.9 Å². The fraction of sp³-hybridized carbons (Fsp3) is 0.222. The van der Waals surface area contributed by atoms with Gasteiger partial charge in [-0.3, -0.25) is 14.4 Å². The van der Waals surface area contributed by atoms with Crippen LogP contribution in [0.5, 0.6) is 0 Å². The molecule has 26 heavy (non-hydrogen) atoms. The summed E-state index contributed by atoms with van der Waals surface area (Å²) in [5.41, 5.74) is 3.37. The number of aromatic nitrogens is 3. The largest absolute Gasteiger partial charge is 0.385 e. The summed E-state index contributed by atoms with van der Waals surface area (Å²) < 4.78 is 2.12. The number of hydrogen-bond donors (Lipinski definition) is 1. The number of rotatable bonds is 8. The summed E-state index contributed by atoms with van der Waals surface area (Å²) >= 11 is 2.93. The third-order valence-corrected chi connectivity index (χ3v) is 5.27. The van der Waals surface area contributed by atoms with Gasteiger partial charge in [-0.1, -0.05) is 12.2 Å². The number of thiophene rings is 1. The lowest BCUT2D eigenvalue weighted by atomic mass is 10.2. The quantitative estimate of drug-likeness (QED) is 0.276. The maximum absolute atomic E-state index is 12.8. The molecule has 0 fully saturated rings. The van der Waals surface area contributed by atoms with E-state index in [2.05, 4.69) is 26.9 Å². The lowest BCUT2D eigenvalue weighted by Crippen LogP contribution is -2.14. The average molecular weight is 386 g/mol. The van der Waals surface area contributed by atoms with Gasteiger partial charge in [0.15, 0.2) is 0 Å². The lowest BCUT2D eigenvalue weighted by molar-refractivity contribution is 1.03. The minimum absolute atomic E-state index is 0.0815. The number of aliphatic imine (C=N–C) groups is 1. The highest BCUT2D eigenvalue weighted by Gasteiger charge is 2.14. The zero-order chi connectivity index (χ0) is 18.4. The normalized spacial score (nSPS) is 11.9. The van der Waals surface area contributed by atoms with Gasteiger partial charge in [0.1, 0.15) is 15.9 Å². The van der Waals surface area contributed by atoms with E-state index < -0.39 is 0 Å². The van der Waals surface area contributed by atoms with Crippen molar-refractivity contribution in [1.82, 2.24) is 14.5 Å². The van der Waals surface area contributed by atoms with Gasteiger partial charge in [0.25, 0.3) is 5.56 Å². The Labute approximate surface area is 159 Å². The van der Waals surface area contributed by atoms with Crippen molar-refractivity contribution < 1.29 is 0 Å². The molecule has 0 bridgehead atoms. The molecule has 0 aliphatic carbocycles. The summed E-state index contributed by atoms with van der Waals surface area (Å²) in [5.74, 6) is 0.726. The molecular weight excluding hydrogens is 366 g/mol. The molecule has 3 heterocycles. The minimum atomic E-state index is -0.0815. The van der Waals surface area contributed by atoms with E-state index in [1.54, 1.807) is 42.1 Å². The van der Waals surface area contributed by atoms with Crippen LogP contribution in [-0.4, -0.2) is 38.9 Å². The Hall–Kier alpha value is -2.45. The molecule has 0 spiro atoms. The highest BCUT2D eigenvalue weighted by Crippen LogP contribution is 2.33. The van der Waals surface area contributed by atoms with E-state index in [1.807, 2.05) is 19.1 Å². The Kier molecular flexibility index (Phi) is 6.19. The molecule has 3 aromatic heterocycles.